The van der Waals surface area contributed by atoms with Crippen LogP contribution in [0.25, 0.3) is 0 Å². The predicted octanol–water partition coefficient (Wildman–Crippen LogP) is 7.41. The second-order valence-corrected chi connectivity index (χ2v) is 8.45. The van der Waals surface area contributed by atoms with Crippen molar-refractivity contribution >= 4 is 28.6 Å². The second-order valence-electron chi connectivity index (χ2n) is 7.29. The van der Waals surface area contributed by atoms with E-state index in [9.17, 15) is 9.90 Å². The Balaban J connectivity index is 2.25. The van der Waals surface area contributed by atoms with Crippen molar-refractivity contribution in [1.29, 1.82) is 0 Å². The van der Waals surface area contributed by atoms with Gasteiger partial charge >= 0.3 is 5.97 Å². The van der Waals surface area contributed by atoms with E-state index in [0.29, 0.717) is 0 Å². The summed E-state index contributed by atoms with van der Waals surface area (Å²) in [5.74, 6) is -0.891. The van der Waals surface area contributed by atoms with Gasteiger partial charge in [-0.25, -0.2) is 0 Å². The van der Waals surface area contributed by atoms with Crippen LogP contribution in [0.5, 0.6) is 0 Å². The summed E-state index contributed by atoms with van der Waals surface area (Å²) < 4.78 is 1.06. The lowest BCUT2D eigenvalue weighted by molar-refractivity contribution is -0.140. The molecule has 0 saturated carbocycles. The lowest BCUT2D eigenvalue weighted by Crippen LogP contribution is -2.20. The van der Waals surface area contributed by atoms with Crippen molar-refractivity contribution in [2.45, 2.75) is 90.4 Å². The quantitative estimate of drug-likeness (QED) is 0.233. The molecule has 2 nitrogen and oxygen atoms in total. The summed E-state index contributed by atoms with van der Waals surface area (Å²) in [5.41, 5.74) is 0.968. The first kappa shape index (κ1) is 22.5. The fraction of sp³-hybridized carbons (Fsp3) is 0.682. The number of unbranched alkanes of at least 4 members (excludes halogenated alkanes) is 9. The van der Waals surface area contributed by atoms with Gasteiger partial charge in [0.1, 0.15) is 0 Å². The number of carboxylic acid groups (broad SMARTS) is 1. The molecule has 0 aliphatic rings. The van der Waals surface area contributed by atoms with Gasteiger partial charge in [0.25, 0.3) is 0 Å². The maximum Gasteiger partial charge on any atom is 0.311 e. The lowest BCUT2D eigenvalue weighted by atomic mass is 9.84. The lowest BCUT2D eigenvalue weighted by Gasteiger charge is -2.21. The van der Waals surface area contributed by atoms with E-state index in [4.69, 9.17) is 0 Å². The number of rotatable bonds is 14. The van der Waals surface area contributed by atoms with Crippen LogP contribution in [0.15, 0.2) is 24.3 Å². The van der Waals surface area contributed by atoms with Crippen LogP contribution in [0.4, 0.5) is 0 Å². The van der Waals surface area contributed by atoms with E-state index in [1.807, 2.05) is 24.3 Å². The number of halogens is 1. The zero-order valence-corrected chi connectivity index (χ0v) is 18.1. The third-order valence-electron chi connectivity index (χ3n) is 5.09. The highest BCUT2D eigenvalue weighted by atomic mass is 127. The van der Waals surface area contributed by atoms with Gasteiger partial charge in [-0.2, -0.15) is 0 Å². The van der Waals surface area contributed by atoms with E-state index in [-0.39, 0.29) is 11.8 Å². The van der Waals surface area contributed by atoms with Crippen LogP contribution in [0.3, 0.4) is 0 Å². The molecule has 0 amide bonds. The number of benzene rings is 1. The van der Waals surface area contributed by atoms with Gasteiger partial charge in [-0.05, 0) is 46.6 Å². The summed E-state index contributed by atoms with van der Waals surface area (Å²) in [5, 5.41) is 9.68. The van der Waals surface area contributed by atoms with Gasteiger partial charge in [0.2, 0.25) is 0 Å². The maximum atomic E-state index is 11.8. The number of carboxylic acids is 1. The molecule has 0 aromatic heterocycles. The van der Waals surface area contributed by atoms with E-state index in [1.165, 1.54) is 57.8 Å². The van der Waals surface area contributed by atoms with Gasteiger partial charge in [-0.1, -0.05) is 96.3 Å². The molecule has 1 aromatic carbocycles. The molecule has 1 rings (SSSR count). The standard InChI is InChI=1S/C22H35IO2/c1-3-4-5-6-7-8-9-10-11-12-15-18(2)21(22(24)25)19-16-13-14-17-20(19)23/h13-14,16-18,21H,3-12,15H2,1-2H3,(H,24,25). The van der Waals surface area contributed by atoms with E-state index < -0.39 is 5.97 Å². The molecule has 2 unspecified atom stereocenters. The zero-order valence-electron chi connectivity index (χ0n) is 16.0. The monoisotopic (exact) mass is 458 g/mol. The topological polar surface area (TPSA) is 37.3 Å². The van der Waals surface area contributed by atoms with Crippen molar-refractivity contribution in [3.63, 3.8) is 0 Å². The molecule has 1 N–H and O–H groups in total. The predicted molar refractivity (Wildman–Crippen MR) is 115 cm³/mol. The molecular formula is C22H35IO2. The summed E-state index contributed by atoms with van der Waals surface area (Å²) in [7, 11) is 0. The normalized spacial score (nSPS) is 13.6. The van der Waals surface area contributed by atoms with Crippen molar-refractivity contribution in [3.8, 4) is 0 Å². The molecule has 1 aromatic rings. The molecule has 2 atom stereocenters. The highest BCUT2D eigenvalue weighted by Crippen LogP contribution is 2.32. The summed E-state index contributed by atoms with van der Waals surface area (Å²) in [6, 6.07) is 7.88. The highest BCUT2D eigenvalue weighted by molar-refractivity contribution is 14.1. The number of hydrogen-bond donors (Lipinski definition) is 1. The van der Waals surface area contributed by atoms with Gasteiger partial charge < -0.3 is 5.11 Å². The first-order valence-electron chi connectivity index (χ1n) is 10.0. The maximum absolute atomic E-state index is 11.8. The van der Waals surface area contributed by atoms with Gasteiger partial charge in [-0.15, -0.1) is 0 Å². The van der Waals surface area contributed by atoms with E-state index in [2.05, 4.69) is 36.4 Å². The van der Waals surface area contributed by atoms with Crippen molar-refractivity contribution in [2.75, 3.05) is 0 Å². The van der Waals surface area contributed by atoms with Crippen molar-refractivity contribution < 1.29 is 9.90 Å². The largest absolute Gasteiger partial charge is 0.481 e. The zero-order chi connectivity index (χ0) is 18.5. The first-order valence-corrected chi connectivity index (χ1v) is 11.1. The molecule has 0 spiro atoms. The fourth-order valence-corrected chi connectivity index (χ4v) is 4.25. The third kappa shape index (κ3) is 9.07. The third-order valence-corrected chi connectivity index (χ3v) is 6.07. The van der Waals surface area contributed by atoms with Crippen LogP contribution in [-0.4, -0.2) is 11.1 Å². The van der Waals surface area contributed by atoms with Crippen molar-refractivity contribution in [2.24, 2.45) is 5.92 Å². The molecule has 25 heavy (non-hydrogen) atoms. The number of hydrogen-bond acceptors (Lipinski definition) is 1. The molecule has 142 valence electrons. The number of carbonyl (C=O) groups is 1. The molecule has 0 aliphatic heterocycles. The van der Waals surface area contributed by atoms with Gasteiger partial charge in [-0.3, -0.25) is 4.79 Å². The molecule has 0 radical (unpaired) electrons. The summed E-state index contributed by atoms with van der Waals surface area (Å²) >= 11 is 2.25. The average molecular weight is 458 g/mol. The molecule has 0 heterocycles. The number of aliphatic carboxylic acids is 1. The van der Waals surface area contributed by atoms with E-state index >= 15 is 0 Å². The highest BCUT2D eigenvalue weighted by Gasteiger charge is 2.27. The van der Waals surface area contributed by atoms with Gasteiger partial charge in [0, 0.05) is 3.57 Å². The van der Waals surface area contributed by atoms with E-state index in [0.717, 1.165) is 22.0 Å². The van der Waals surface area contributed by atoms with Crippen LogP contribution in [-0.2, 0) is 4.79 Å². The Morgan fingerprint density at radius 1 is 0.960 bits per heavy atom. The fourth-order valence-electron chi connectivity index (χ4n) is 3.53. The van der Waals surface area contributed by atoms with Crippen LogP contribution >= 0.6 is 22.6 Å². The SMILES string of the molecule is CCCCCCCCCCCCC(C)C(C(=O)O)c1ccccc1I. The smallest absolute Gasteiger partial charge is 0.311 e. The van der Waals surface area contributed by atoms with Crippen LogP contribution < -0.4 is 0 Å². The minimum atomic E-state index is -0.691. The van der Waals surface area contributed by atoms with E-state index in [1.54, 1.807) is 0 Å². The minimum absolute atomic E-state index is 0.183. The summed E-state index contributed by atoms with van der Waals surface area (Å²) in [4.78, 5) is 11.8. The Bertz CT molecular complexity index is 487. The Hall–Kier alpha value is -0.580. The molecule has 0 bridgehead atoms. The Morgan fingerprint density at radius 2 is 1.48 bits per heavy atom. The second kappa shape index (κ2) is 13.6. The molecule has 0 aliphatic carbocycles. The van der Waals surface area contributed by atoms with Crippen molar-refractivity contribution in [3.05, 3.63) is 33.4 Å². The Morgan fingerprint density at radius 3 is 2.00 bits per heavy atom. The molecular weight excluding hydrogens is 423 g/mol. The summed E-state index contributed by atoms with van der Waals surface area (Å²) in [6.07, 6.45) is 14.2. The van der Waals surface area contributed by atoms with Gasteiger partial charge in [0.05, 0.1) is 5.92 Å². The van der Waals surface area contributed by atoms with Crippen LogP contribution in [0.2, 0.25) is 0 Å². The van der Waals surface area contributed by atoms with Crippen LogP contribution in [0, 0.1) is 9.49 Å². The molecule has 0 saturated heterocycles. The Labute approximate surface area is 167 Å². The summed E-state index contributed by atoms with van der Waals surface area (Å²) in [6.45, 7) is 4.35. The average Bonchev–Trinajstić information content (AvgIpc) is 2.58. The van der Waals surface area contributed by atoms with Crippen LogP contribution in [0.1, 0.15) is 96.0 Å². The first-order chi connectivity index (χ1) is 12.1. The van der Waals surface area contributed by atoms with Gasteiger partial charge in [0.15, 0.2) is 0 Å². The molecule has 0 fully saturated rings. The van der Waals surface area contributed by atoms with Crippen molar-refractivity contribution in [1.82, 2.24) is 0 Å². The Kier molecular flexibility index (Phi) is 12.2. The minimum Gasteiger partial charge on any atom is -0.481 e. The molecule has 3 heteroatoms.